The number of nitrogens with two attached hydrogens (primary N) is 1. The number of carbonyl (C=O) groups excluding carboxylic acids is 1. The Hall–Kier alpha value is -3.52. The zero-order chi connectivity index (χ0) is 21.8. The maximum absolute atomic E-state index is 12.1. The minimum absolute atomic E-state index is 0.0783. The average molecular weight is 418 g/mol. The van der Waals surface area contributed by atoms with Gasteiger partial charge in [-0.3, -0.25) is 4.79 Å². The third-order valence-electron chi connectivity index (χ3n) is 5.57. The number of aromatic amines is 1. The molecule has 0 saturated heterocycles. The summed E-state index contributed by atoms with van der Waals surface area (Å²) in [7, 11) is 0. The van der Waals surface area contributed by atoms with Crippen molar-refractivity contribution < 1.29 is 4.79 Å². The van der Waals surface area contributed by atoms with Gasteiger partial charge in [0.2, 0.25) is 11.7 Å². The second kappa shape index (κ2) is 9.09. The fourth-order valence-corrected chi connectivity index (χ4v) is 4.03. The van der Waals surface area contributed by atoms with E-state index in [1.807, 2.05) is 31.2 Å². The van der Waals surface area contributed by atoms with Gasteiger partial charge in [0, 0.05) is 24.2 Å². The summed E-state index contributed by atoms with van der Waals surface area (Å²) in [6, 6.07) is 16.3. The van der Waals surface area contributed by atoms with Crippen LogP contribution in [0.3, 0.4) is 0 Å². The largest absolute Gasteiger partial charge is 0.366 e. The van der Waals surface area contributed by atoms with Crippen molar-refractivity contribution in [1.29, 1.82) is 0 Å². The van der Waals surface area contributed by atoms with E-state index >= 15 is 0 Å². The van der Waals surface area contributed by atoms with Gasteiger partial charge >= 0.3 is 0 Å². The summed E-state index contributed by atoms with van der Waals surface area (Å²) in [5, 5.41) is 16.5. The zero-order valence-corrected chi connectivity index (χ0v) is 17.8. The number of hydrogen-bond acceptors (Lipinski definition) is 6. The molecule has 8 heteroatoms. The number of nitrogens with one attached hydrogen (secondary N) is 2. The number of aromatic nitrogens is 4. The molecule has 1 unspecified atom stereocenters. The summed E-state index contributed by atoms with van der Waals surface area (Å²) in [5.74, 6) is 0.202. The minimum Gasteiger partial charge on any atom is -0.366 e. The molecular formula is C23H27N7O. The number of H-pyrrole nitrogens is 1. The first-order valence-electron chi connectivity index (χ1n) is 10.6. The van der Waals surface area contributed by atoms with Crippen LogP contribution >= 0.6 is 0 Å². The highest BCUT2D eigenvalue weighted by Gasteiger charge is 2.31. The van der Waals surface area contributed by atoms with Gasteiger partial charge in [0.1, 0.15) is 0 Å². The molecule has 1 atom stereocenters. The van der Waals surface area contributed by atoms with Crippen LogP contribution in [0.1, 0.15) is 32.3 Å². The summed E-state index contributed by atoms with van der Waals surface area (Å²) < 4.78 is 0. The predicted molar refractivity (Wildman–Crippen MR) is 119 cm³/mol. The number of benzene rings is 2. The Bertz CT molecular complexity index is 1070. The first-order chi connectivity index (χ1) is 15.1. The van der Waals surface area contributed by atoms with Crippen molar-refractivity contribution in [3.63, 3.8) is 0 Å². The van der Waals surface area contributed by atoms with Crippen molar-refractivity contribution >= 4 is 5.91 Å². The Morgan fingerprint density at radius 2 is 1.87 bits per heavy atom. The molecule has 1 aromatic heterocycles. The first-order valence-corrected chi connectivity index (χ1v) is 10.6. The van der Waals surface area contributed by atoms with E-state index in [9.17, 15) is 4.79 Å². The Kier molecular flexibility index (Phi) is 6.08. The fraction of sp³-hybridized carbons (Fsp3) is 0.304. The Balaban J connectivity index is 1.61. The van der Waals surface area contributed by atoms with Gasteiger partial charge in [-0.2, -0.15) is 5.21 Å². The van der Waals surface area contributed by atoms with Crippen molar-refractivity contribution in [2.24, 2.45) is 5.73 Å². The fourth-order valence-electron chi connectivity index (χ4n) is 4.03. The number of allylic oxidation sites excluding steroid dienone is 1. The number of hydrazine groups is 1. The lowest BCUT2D eigenvalue weighted by molar-refractivity contribution is -0.114. The Morgan fingerprint density at radius 3 is 2.52 bits per heavy atom. The number of hydrogen-bond donors (Lipinski definition) is 3. The minimum atomic E-state index is -0.361. The summed E-state index contributed by atoms with van der Waals surface area (Å²) >= 11 is 0. The second-order valence-corrected chi connectivity index (χ2v) is 7.74. The molecule has 4 N–H and O–H groups in total. The van der Waals surface area contributed by atoms with E-state index in [2.05, 4.69) is 62.2 Å². The molecular weight excluding hydrogens is 390 g/mol. The molecule has 160 valence electrons. The van der Waals surface area contributed by atoms with E-state index in [1.165, 1.54) is 0 Å². The maximum atomic E-state index is 12.1. The molecule has 0 aliphatic carbocycles. The standard InChI is InChI=1S/C23H27N7O/c1-3-4-13-30-20(21(22(24)31)15(2)27-30)14-16-9-11-17(12-10-16)18-7-5-6-8-19(18)23-25-28-29-26-23/h5-12,15,27H,3-4,13-14H2,1-2H3,(H2,24,31)(H,25,26,28,29). The highest BCUT2D eigenvalue weighted by Crippen LogP contribution is 2.31. The third kappa shape index (κ3) is 4.34. The smallest absolute Gasteiger partial charge is 0.248 e. The molecule has 0 fully saturated rings. The second-order valence-electron chi connectivity index (χ2n) is 7.74. The molecule has 2 aromatic carbocycles. The van der Waals surface area contributed by atoms with Gasteiger partial charge in [0.25, 0.3) is 0 Å². The summed E-state index contributed by atoms with van der Waals surface area (Å²) in [4.78, 5) is 12.1. The van der Waals surface area contributed by atoms with Gasteiger partial charge in [-0.25, -0.2) is 5.43 Å². The van der Waals surface area contributed by atoms with Crippen LogP contribution in [0.4, 0.5) is 0 Å². The predicted octanol–water partition coefficient (Wildman–Crippen LogP) is 2.82. The van der Waals surface area contributed by atoms with E-state index < -0.39 is 0 Å². The number of nitrogens with zero attached hydrogens (tertiary/aromatic N) is 4. The molecule has 0 bridgehead atoms. The molecule has 3 aromatic rings. The SMILES string of the molecule is CCCCN1NC(C)C(C(N)=O)=C1Cc1ccc(-c2ccccc2-c2nn[nH]n2)cc1. The Morgan fingerprint density at radius 1 is 1.13 bits per heavy atom. The molecule has 0 radical (unpaired) electrons. The van der Waals surface area contributed by atoms with Crippen LogP contribution < -0.4 is 11.2 Å². The number of carbonyl (C=O) groups is 1. The van der Waals surface area contributed by atoms with Crippen LogP contribution in [0.2, 0.25) is 0 Å². The van der Waals surface area contributed by atoms with Gasteiger partial charge in [0.15, 0.2) is 0 Å². The van der Waals surface area contributed by atoms with E-state index in [-0.39, 0.29) is 11.9 Å². The molecule has 4 rings (SSSR count). The van der Waals surface area contributed by atoms with Crippen molar-refractivity contribution in [1.82, 2.24) is 31.1 Å². The molecule has 0 spiro atoms. The lowest BCUT2D eigenvalue weighted by Gasteiger charge is -2.23. The van der Waals surface area contributed by atoms with Crippen LogP contribution in [0, 0.1) is 0 Å². The summed E-state index contributed by atoms with van der Waals surface area (Å²) in [5.41, 5.74) is 14.9. The van der Waals surface area contributed by atoms with Gasteiger partial charge < -0.3 is 10.7 Å². The van der Waals surface area contributed by atoms with Crippen molar-refractivity contribution in [3.8, 4) is 22.5 Å². The molecule has 1 aliphatic heterocycles. The van der Waals surface area contributed by atoms with Crippen LogP contribution in [-0.2, 0) is 11.2 Å². The first kappa shape index (κ1) is 20.7. The van der Waals surface area contributed by atoms with Gasteiger partial charge in [0.05, 0.1) is 11.6 Å². The summed E-state index contributed by atoms with van der Waals surface area (Å²) in [6.07, 6.45) is 2.77. The molecule has 1 aliphatic rings. The van der Waals surface area contributed by atoms with Crippen LogP contribution in [0.5, 0.6) is 0 Å². The van der Waals surface area contributed by atoms with E-state index in [0.717, 1.165) is 47.3 Å². The van der Waals surface area contributed by atoms with Gasteiger partial charge in [-0.1, -0.05) is 61.9 Å². The van der Waals surface area contributed by atoms with Crippen LogP contribution in [0.15, 0.2) is 59.8 Å². The Labute approximate surface area is 181 Å². The van der Waals surface area contributed by atoms with Crippen molar-refractivity contribution in [3.05, 3.63) is 65.4 Å². The van der Waals surface area contributed by atoms with E-state index in [0.29, 0.717) is 17.8 Å². The number of amides is 1. The van der Waals surface area contributed by atoms with E-state index in [4.69, 9.17) is 5.73 Å². The van der Waals surface area contributed by atoms with Crippen molar-refractivity contribution in [2.45, 2.75) is 39.2 Å². The highest BCUT2D eigenvalue weighted by molar-refractivity contribution is 5.94. The number of rotatable bonds is 8. The maximum Gasteiger partial charge on any atom is 0.248 e. The number of primary amides is 1. The molecule has 2 heterocycles. The van der Waals surface area contributed by atoms with Crippen LogP contribution in [0.25, 0.3) is 22.5 Å². The van der Waals surface area contributed by atoms with Gasteiger partial charge in [-0.05, 0) is 35.2 Å². The lowest BCUT2D eigenvalue weighted by Crippen LogP contribution is -2.37. The monoisotopic (exact) mass is 417 g/mol. The highest BCUT2D eigenvalue weighted by atomic mass is 16.1. The molecule has 8 nitrogen and oxygen atoms in total. The van der Waals surface area contributed by atoms with Crippen molar-refractivity contribution in [2.75, 3.05) is 6.54 Å². The normalized spacial score (nSPS) is 16.2. The van der Waals surface area contributed by atoms with Crippen LogP contribution in [-0.4, -0.2) is 44.1 Å². The summed E-state index contributed by atoms with van der Waals surface area (Å²) in [6.45, 7) is 4.98. The molecule has 1 amide bonds. The topological polar surface area (TPSA) is 113 Å². The quantitative estimate of drug-likeness (QED) is 0.519. The average Bonchev–Trinajstić information content (AvgIpc) is 3.41. The number of tetrazole rings is 1. The molecule has 31 heavy (non-hydrogen) atoms. The zero-order valence-electron chi connectivity index (χ0n) is 17.8. The van der Waals surface area contributed by atoms with Gasteiger partial charge in [-0.15, -0.1) is 10.2 Å². The molecule has 0 saturated carbocycles. The van der Waals surface area contributed by atoms with E-state index in [1.54, 1.807) is 0 Å². The lowest BCUT2D eigenvalue weighted by atomic mass is 9.96. The number of unbranched alkanes of at least 4 members (excludes halogenated alkanes) is 1. The third-order valence-corrected chi connectivity index (χ3v) is 5.57.